The molecule has 1 unspecified atom stereocenters. The van der Waals surface area contributed by atoms with Crippen molar-refractivity contribution in [3.63, 3.8) is 0 Å². The van der Waals surface area contributed by atoms with Gasteiger partial charge < -0.3 is 10.0 Å². The van der Waals surface area contributed by atoms with Gasteiger partial charge >= 0.3 is 0 Å². The molecule has 1 atom stereocenters. The largest absolute Gasteiger partial charge is 0.393 e. The zero-order chi connectivity index (χ0) is 12.9. The highest BCUT2D eigenvalue weighted by Crippen LogP contribution is 2.23. The highest BCUT2D eigenvalue weighted by atomic mass is 16.3. The Kier molecular flexibility index (Phi) is 6.57. The minimum Gasteiger partial charge on any atom is -0.393 e. The van der Waals surface area contributed by atoms with Gasteiger partial charge in [0.15, 0.2) is 0 Å². The second-order valence-electron chi connectivity index (χ2n) is 6.65. The lowest BCUT2D eigenvalue weighted by atomic mass is 9.86. The first kappa shape index (κ1) is 15.9. The third-order valence-electron chi connectivity index (χ3n) is 3.01. The van der Waals surface area contributed by atoms with Crippen LogP contribution >= 0.6 is 0 Å². The maximum absolute atomic E-state index is 9.77. The Morgan fingerprint density at radius 1 is 0.938 bits per heavy atom. The van der Waals surface area contributed by atoms with Crippen LogP contribution in [-0.4, -0.2) is 35.7 Å². The van der Waals surface area contributed by atoms with Gasteiger partial charge in [-0.3, -0.25) is 0 Å². The molecule has 0 heterocycles. The van der Waals surface area contributed by atoms with Crippen molar-refractivity contribution in [2.75, 3.05) is 19.6 Å². The molecule has 0 amide bonds. The highest BCUT2D eigenvalue weighted by Gasteiger charge is 2.27. The Morgan fingerprint density at radius 2 is 1.31 bits per heavy atom. The number of nitrogens with zero attached hydrogens (tertiary/aromatic N) is 1. The molecule has 0 aromatic rings. The van der Waals surface area contributed by atoms with Crippen LogP contribution in [-0.2, 0) is 0 Å². The van der Waals surface area contributed by atoms with Gasteiger partial charge in [0.2, 0.25) is 0 Å². The maximum Gasteiger partial charge on any atom is 0.0575 e. The van der Waals surface area contributed by atoms with Crippen molar-refractivity contribution in [1.29, 1.82) is 0 Å². The summed E-state index contributed by atoms with van der Waals surface area (Å²) in [4.78, 5) is 2.49. The second-order valence-corrected chi connectivity index (χ2v) is 6.65. The van der Waals surface area contributed by atoms with E-state index in [4.69, 9.17) is 0 Å². The molecular weight excluding hydrogens is 198 g/mol. The van der Waals surface area contributed by atoms with Crippen LogP contribution in [0.3, 0.4) is 0 Å². The molecule has 0 aliphatic heterocycles. The van der Waals surface area contributed by atoms with E-state index in [0.717, 1.165) is 19.6 Å². The molecule has 0 radical (unpaired) electrons. The summed E-state index contributed by atoms with van der Waals surface area (Å²) < 4.78 is 0. The van der Waals surface area contributed by atoms with E-state index in [9.17, 15) is 5.11 Å². The monoisotopic (exact) mass is 229 g/mol. The lowest BCUT2D eigenvalue weighted by molar-refractivity contribution is 0.0283. The fourth-order valence-electron chi connectivity index (χ4n) is 1.94. The fourth-order valence-corrected chi connectivity index (χ4v) is 1.94. The molecular formula is C14H31NO. The number of aliphatic hydroxyl groups is 1. The van der Waals surface area contributed by atoms with Crippen molar-refractivity contribution in [2.45, 2.75) is 54.6 Å². The van der Waals surface area contributed by atoms with Gasteiger partial charge in [-0.25, -0.2) is 0 Å². The molecule has 0 aliphatic carbocycles. The molecule has 0 aromatic heterocycles. The van der Waals surface area contributed by atoms with Crippen LogP contribution in [0.15, 0.2) is 0 Å². The third kappa shape index (κ3) is 6.49. The van der Waals surface area contributed by atoms with Gasteiger partial charge in [-0.1, -0.05) is 41.5 Å². The lowest BCUT2D eigenvalue weighted by Gasteiger charge is -2.36. The van der Waals surface area contributed by atoms with Gasteiger partial charge in [0.05, 0.1) is 6.10 Å². The first-order valence-corrected chi connectivity index (χ1v) is 6.55. The summed E-state index contributed by atoms with van der Waals surface area (Å²) in [7, 11) is 0. The van der Waals surface area contributed by atoms with Crippen LogP contribution in [0.5, 0.6) is 0 Å². The Hall–Kier alpha value is -0.0800. The predicted molar refractivity (Wildman–Crippen MR) is 71.6 cm³/mol. The first-order chi connectivity index (χ1) is 7.15. The molecule has 0 spiro atoms. The minimum atomic E-state index is -0.255. The van der Waals surface area contributed by atoms with Crippen molar-refractivity contribution in [1.82, 2.24) is 4.90 Å². The van der Waals surface area contributed by atoms with Crippen molar-refractivity contribution in [3.8, 4) is 0 Å². The van der Waals surface area contributed by atoms with Crippen LogP contribution in [0, 0.1) is 17.3 Å². The predicted octanol–water partition coefficient (Wildman–Crippen LogP) is 3.01. The lowest BCUT2D eigenvalue weighted by Crippen LogP contribution is -2.43. The van der Waals surface area contributed by atoms with E-state index < -0.39 is 0 Å². The zero-order valence-electron chi connectivity index (χ0n) is 12.2. The average molecular weight is 229 g/mol. The summed E-state index contributed by atoms with van der Waals surface area (Å²) in [6, 6.07) is 0. The van der Waals surface area contributed by atoms with Gasteiger partial charge in [0.1, 0.15) is 0 Å². The van der Waals surface area contributed by atoms with Crippen LogP contribution in [0.2, 0.25) is 0 Å². The van der Waals surface area contributed by atoms with Crippen molar-refractivity contribution < 1.29 is 5.11 Å². The third-order valence-corrected chi connectivity index (χ3v) is 3.01. The standard InChI is InChI=1S/C14H31NO/c1-11(2)8-15(9-12(3)4)10-14(6,7)13(5)16/h11-13,16H,8-10H2,1-7H3. The molecule has 0 fully saturated rings. The molecule has 98 valence electrons. The van der Waals surface area contributed by atoms with Gasteiger partial charge in [0.25, 0.3) is 0 Å². The van der Waals surface area contributed by atoms with E-state index >= 15 is 0 Å². The molecule has 0 saturated carbocycles. The van der Waals surface area contributed by atoms with Gasteiger partial charge in [-0.05, 0) is 18.8 Å². The van der Waals surface area contributed by atoms with E-state index in [2.05, 4.69) is 46.4 Å². The van der Waals surface area contributed by atoms with Crippen LogP contribution in [0.4, 0.5) is 0 Å². The molecule has 16 heavy (non-hydrogen) atoms. The van der Waals surface area contributed by atoms with Crippen molar-refractivity contribution in [2.24, 2.45) is 17.3 Å². The van der Waals surface area contributed by atoms with Gasteiger partial charge in [-0.2, -0.15) is 0 Å². The Morgan fingerprint density at radius 3 is 1.56 bits per heavy atom. The number of hydrogen-bond donors (Lipinski definition) is 1. The summed E-state index contributed by atoms with van der Waals surface area (Å²) in [5, 5.41) is 9.77. The van der Waals surface area contributed by atoms with Gasteiger partial charge in [-0.15, -0.1) is 0 Å². The van der Waals surface area contributed by atoms with Crippen LogP contribution in [0.1, 0.15) is 48.5 Å². The van der Waals surface area contributed by atoms with Crippen molar-refractivity contribution >= 4 is 0 Å². The van der Waals surface area contributed by atoms with Crippen LogP contribution in [0.25, 0.3) is 0 Å². The van der Waals surface area contributed by atoms with E-state index in [0.29, 0.717) is 11.8 Å². The second kappa shape index (κ2) is 6.61. The Bertz CT molecular complexity index is 175. The van der Waals surface area contributed by atoms with E-state index in [-0.39, 0.29) is 11.5 Å². The molecule has 0 aromatic carbocycles. The minimum absolute atomic E-state index is 0.0240. The average Bonchev–Trinajstić information content (AvgIpc) is 1.99. The normalized spacial score (nSPS) is 15.2. The summed E-state index contributed by atoms with van der Waals surface area (Å²) in [6.45, 7) is 18.4. The quantitative estimate of drug-likeness (QED) is 0.725. The SMILES string of the molecule is CC(C)CN(CC(C)C)CC(C)(C)C(C)O. The Balaban J connectivity index is 4.41. The molecule has 0 aliphatic rings. The zero-order valence-corrected chi connectivity index (χ0v) is 12.2. The first-order valence-electron chi connectivity index (χ1n) is 6.55. The van der Waals surface area contributed by atoms with Gasteiger partial charge in [0, 0.05) is 25.0 Å². The smallest absolute Gasteiger partial charge is 0.0575 e. The molecule has 2 heteroatoms. The van der Waals surface area contributed by atoms with Crippen LogP contribution < -0.4 is 0 Å². The topological polar surface area (TPSA) is 23.5 Å². The summed E-state index contributed by atoms with van der Waals surface area (Å²) in [6.07, 6.45) is -0.255. The molecule has 2 nitrogen and oxygen atoms in total. The molecule has 0 saturated heterocycles. The summed E-state index contributed by atoms with van der Waals surface area (Å²) in [5.74, 6) is 1.37. The fraction of sp³-hybridized carbons (Fsp3) is 1.00. The molecule has 0 rings (SSSR count). The number of hydrogen-bond acceptors (Lipinski definition) is 2. The number of rotatable bonds is 7. The highest BCUT2D eigenvalue weighted by molar-refractivity contribution is 4.79. The summed E-state index contributed by atoms with van der Waals surface area (Å²) in [5.41, 5.74) is -0.0240. The number of aliphatic hydroxyl groups excluding tert-OH is 1. The van der Waals surface area contributed by atoms with E-state index in [1.165, 1.54) is 0 Å². The molecule has 0 bridgehead atoms. The van der Waals surface area contributed by atoms with E-state index in [1.54, 1.807) is 0 Å². The molecule has 1 N–H and O–H groups in total. The maximum atomic E-state index is 9.77. The van der Waals surface area contributed by atoms with Crippen molar-refractivity contribution in [3.05, 3.63) is 0 Å². The summed E-state index contributed by atoms with van der Waals surface area (Å²) >= 11 is 0. The van der Waals surface area contributed by atoms with E-state index in [1.807, 2.05) is 6.92 Å². The Labute approximate surface area is 102 Å².